The molecular formula is C11H18N2O2. The molecule has 0 spiro atoms. The van der Waals surface area contributed by atoms with Crippen molar-refractivity contribution in [2.24, 2.45) is 5.92 Å². The Balaban J connectivity index is 2.62. The molecule has 4 heteroatoms. The van der Waals surface area contributed by atoms with Crippen molar-refractivity contribution < 1.29 is 9.84 Å². The van der Waals surface area contributed by atoms with E-state index < -0.39 is 6.10 Å². The molecule has 0 saturated carbocycles. The van der Waals surface area contributed by atoms with Gasteiger partial charge in [-0.1, -0.05) is 6.92 Å². The Kier molecular flexibility index (Phi) is 4.65. The fourth-order valence-electron chi connectivity index (χ4n) is 1.39. The highest BCUT2D eigenvalue weighted by atomic mass is 16.5. The number of hydrogen-bond acceptors (Lipinski definition) is 4. The summed E-state index contributed by atoms with van der Waals surface area (Å²) in [4.78, 5) is 8.20. The predicted octanol–water partition coefficient (Wildman–Crippen LogP) is 1.49. The molecule has 1 aromatic heterocycles. The van der Waals surface area contributed by atoms with Gasteiger partial charge in [0.15, 0.2) is 0 Å². The molecule has 0 aliphatic heterocycles. The van der Waals surface area contributed by atoms with E-state index in [2.05, 4.69) is 9.97 Å². The van der Waals surface area contributed by atoms with Gasteiger partial charge in [0.25, 0.3) is 0 Å². The van der Waals surface area contributed by atoms with Crippen LogP contribution in [-0.4, -0.2) is 28.8 Å². The molecular weight excluding hydrogens is 192 g/mol. The van der Waals surface area contributed by atoms with Crippen LogP contribution in [0.1, 0.15) is 31.0 Å². The van der Waals surface area contributed by atoms with Crippen LogP contribution in [0.2, 0.25) is 0 Å². The first-order chi connectivity index (χ1) is 7.15. The second kappa shape index (κ2) is 5.78. The molecule has 1 N–H and O–H groups in total. The molecule has 2 unspecified atom stereocenters. The van der Waals surface area contributed by atoms with E-state index in [1.807, 2.05) is 13.8 Å². The monoisotopic (exact) mass is 210 g/mol. The van der Waals surface area contributed by atoms with Crippen LogP contribution in [0.4, 0.5) is 0 Å². The Morgan fingerprint density at radius 1 is 1.53 bits per heavy atom. The second-order valence-electron chi connectivity index (χ2n) is 3.73. The van der Waals surface area contributed by atoms with Crippen LogP contribution in [0.15, 0.2) is 12.3 Å². The first-order valence-electron chi connectivity index (χ1n) is 5.11. The van der Waals surface area contributed by atoms with Gasteiger partial charge < -0.3 is 9.84 Å². The number of rotatable bonds is 5. The molecule has 2 atom stereocenters. The maximum Gasteiger partial charge on any atom is 0.125 e. The number of nitrogens with zero attached hydrogens (tertiary/aromatic N) is 2. The summed E-state index contributed by atoms with van der Waals surface area (Å²) in [5, 5.41) is 9.99. The predicted molar refractivity (Wildman–Crippen MR) is 57.4 cm³/mol. The van der Waals surface area contributed by atoms with Gasteiger partial charge in [-0.3, -0.25) is 0 Å². The van der Waals surface area contributed by atoms with E-state index in [0.29, 0.717) is 18.1 Å². The molecule has 1 rings (SSSR count). The lowest BCUT2D eigenvalue weighted by atomic mass is 9.98. The molecule has 0 aliphatic rings. The summed E-state index contributed by atoms with van der Waals surface area (Å²) in [7, 11) is 1.66. The minimum atomic E-state index is -0.540. The van der Waals surface area contributed by atoms with Crippen LogP contribution < -0.4 is 0 Å². The van der Waals surface area contributed by atoms with E-state index >= 15 is 0 Å². The minimum absolute atomic E-state index is 0.138. The number of aliphatic hydroxyl groups is 1. The topological polar surface area (TPSA) is 55.2 Å². The highest BCUT2D eigenvalue weighted by molar-refractivity contribution is 5.05. The van der Waals surface area contributed by atoms with Crippen molar-refractivity contribution in [3.8, 4) is 0 Å². The van der Waals surface area contributed by atoms with Gasteiger partial charge >= 0.3 is 0 Å². The van der Waals surface area contributed by atoms with Crippen molar-refractivity contribution >= 4 is 0 Å². The van der Waals surface area contributed by atoms with E-state index in [0.717, 1.165) is 6.42 Å². The Morgan fingerprint density at radius 3 is 2.87 bits per heavy atom. The average Bonchev–Trinajstić information content (AvgIpc) is 2.24. The Labute approximate surface area is 90.3 Å². The summed E-state index contributed by atoms with van der Waals surface area (Å²) >= 11 is 0. The fraction of sp³-hybridized carbons (Fsp3) is 0.636. The van der Waals surface area contributed by atoms with Gasteiger partial charge in [0.2, 0.25) is 0 Å². The molecule has 0 amide bonds. The summed E-state index contributed by atoms with van der Waals surface area (Å²) in [5.74, 6) is 0.824. The largest absolute Gasteiger partial charge is 0.387 e. The zero-order valence-electron chi connectivity index (χ0n) is 9.47. The van der Waals surface area contributed by atoms with Crippen molar-refractivity contribution in [2.45, 2.75) is 26.4 Å². The van der Waals surface area contributed by atoms with Gasteiger partial charge in [-0.05, 0) is 25.3 Å². The van der Waals surface area contributed by atoms with Gasteiger partial charge in [-0.25, -0.2) is 9.97 Å². The van der Waals surface area contributed by atoms with E-state index in [1.54, 1.807) is 19.4 Å². The molecule has 1 heterocycles. The summed E-state index contributed by atoms with van der Waals surface area (Å²) in [6.45, 7) is 4.46. The third-order valence-corrected chi connectivity index (χ3v) is 2.42. The summed E-state index contributed by atoms with van der Waals surface area (Å²) in [5.41, 5.74) is 0.686. The number of aliphatic hydroxyl groups excluding tert-OH is 1. The van der Waals surface area contributed by atoms with Gasteiger partial charge in [0, 0.05) is 19.9 Å². The summed E-state index contributed by atoms with van der Waals surface area (Å²) in [6, 6.07) is 1.75. The molecule has 15 heavy (non-hydrogen) atoms. The maximum absolute atomic E-state index is 9.99. The quantitative estimate of drug-likeness (QED) is 0.800. The van der Waals surface area contributed by atoms with Crippen LogP contribution in [0, 0.1) is 12.8 Å². The third kappa shape index (κ3) is 3.57. The van der Waals surface area contributed by atoms with Gasteiger partial charge in [0.1, 0.15) is 5.82 Å². The van der Waals surface area contributed by atoms with E-state index in [-0.39, 0.29) is 5.92 Å². The second-order valence-corrected chi connectivity index (χ2v) is 3.73. The first-order valence-corrected chi connectivity index (χ1v) is 5.11. The lowest BCUT2D eigenvalue weighted by Gasteiger charge is -2.17. The zero-order valence-corrected chi connectivity index (χ0v) is 9.47. The van der Waals surface area contributed by atoms with E-state index in [9.17, 15) is 5.11 Å². The van der Waals surface area contributed by atoms with Crippen LogP contribution in [0.5, 0.6) is 0 Å². The van der Waals surface area contributed by atoms with Crippen LogP contribution >= 0.6 is 0 Å². The maximum atomic E-state index is 9.99. The normalized spacial score (nSPS) is 14.9. The molecule has 0 aromatic carbocycles. The van der Waals surface area contributed by atoms with Crippen molar-refractivity contribution in [3.63, 3.8) is 0 Å². The molecule has 4 nitrogen and oxygen atoms in total. The molecule has 0 saturated heterocycles. The minimum Gasteiger partial charge on any atom is -0.387 e. The van der Waals surface area contributed by atoms with Gasteiger partial charge in [-0.2, -0.15) is 0 Å². The van der Waals surface area contributed by atoms with Gasteiger partial charge in [-0.15, -0.1) is 0 Å². The van der Waals surface area contributed by atoms with Gasteiger partial charge in [0.05, 0.1) is 11.8 Å². The lowest BCUT2D eigenvalue weighted by Crippen LogP contribution is -2.13. The lowest BCUT2D eigenvalue weighted by molar-refractivity contribution is 0.0852. The van der Waals surface area contributed by atoms with Crippen molar-refractivity contribution in [1.29, 1.82) is 0 Å². The Hall–Kier alpha value is -1.00. The summed E-state index contributed by atoms with van der Waals surface area (Å²) in [6.07, 6.45) is 1.95. The number of ether oxygens (including phenoxy) is 1. The molecule has 0 radical (unpaired) electrons. The standard InChI is InChI=1S/C11H18N2O2/c1-8(5-7-15-3)11(14)10-4-6-12-9(2)13-10/h4,6,8,11,14H,5,7H2,1-3H3. The molecule has 84 valence electrons. The fourth-order valence-corrected chi connectivity index (χ4v) is 1.39. The van der Waals surface area contributed by atoms with Crippen molar-refractivity contribution in [3.05, 3.63) is 23.8 Å². The van der Waals surface area contributed by atoms with Crippen LogP contribution in [0.3, 0.4) is 0 Å². The summed E-state index contributed by atoms with van der Waals surface area (Å²) < 4.78 is 4.98. The zero-order chi connectivity index (χ0) is 11.3. The smallest absolute Gasteiger partial charge is 0.125 e. The van der Waals surface area contributed by atoms with Crippen molar-refractivity contribution in [2.75, 3.05) is 13.7 Å². The highest BCUT2D eigenvalue weighted by Crippen LogP contribution is 2.22. The van der Waals surface area contributed by atoms with Crippen LogP contribution in [-0.2, 0) is 4.74 Å². The number of aromatic nitrogens is 2. The first kappa shape index (κ1) is 12.1. The number of hydrogen-bond donors (Lipinski definition) is 1. The number of methoxy groups -OCH3 is 1. The molecule has 0 aliphatic carbocycles. The Morgan fingerprint density at radius 2 is 2.27 bits per heavy atom. The highest BCUT2D eigenvalue weighted by Gasteiger charge is 2.17. The van der Waals surface area contributed by atoms with Crippen LogP contribution in [0.25, 0.3) is 0 Å². The number of aryl methyl sites for hydroxylation is 1. The third-order valence-electron chi connectivity index (χ3n) is 2.42. The SMILES string of the molecule is COCCC(C)C(O)c1ccnc(C)n1. The molecule has 1 aromatic rings. The van der Waals surface area contributed by atoms with E-state index in [4.69, 9.17) is 4.74 Å². The molecule has 0 fully saturated rings. The van der Waals surface area contributed by atoms with Crippen molar-refractivity contribution in [1.82, 2.24) is 9.97 Å². The van der Waals surface area contributed by atoms with E-state index in [1.165, 1.54) is 0 Å². The Bertz CT molecular complexity index is 304. The average molecular weight is 210 g/mol. The molecule has 0 bridgehead atoms.